The van der Waals surface area contributed by atoms with Crippen LogP contribution < -0.4 is 5.43 Å². The molecule has 1 amide bonds. The van der Waals surface area contributed by atoms with Crippen molar-refractivity contribution in [2.75, 3.05) is 0 Å². The van der Waals surface area contributed by atoms with Gasteiger partial charge in [-0.3, -0.25) is 14.5 Å². The minimum absolute atomic E-state index is 0.177. The predicted molar refractivity (Wildman–Crippen MR) is 81.3 cm³/mol. The summed E-state index contributed by atoms with van der Waals surface area (Å²) in [6.45, 7) is 4.18. The molecule has 0 unspecified atom stereocenters. The molecule has 21 heavy (non-hydrogen) atoms. The van der Waals surface area contributed by atoms with Crippen LogP contribution in [-0.2, 0) is 11.3 Å². The van der Waals surface area contributed by atoms with E-state index in [1.165, 1.54) is 0 Å². The minimum atomic E-state index is -0.177. The van der Waals surface area contributed by atoms with Gasteiger partial charge in [0.05, 0.1) is 29.2 Å². The Bertz CT molecular complexity index is 651. The van der Waals surface area contributed by atoms with Crippen molar-refractivity contribution in [1.82, 2.24) is 20.2 Å². The van der Waals surface area contributed by atoms with Gasteiger partial charge in [0.2, 0.25) is 5.91 Å². The van der Waals surface area contributed by atoms with Gasteiger partial charge in [-0.05, 0) is 31.5 Å². The molecule has 7 heteroatoms. The molecule has 0 radical (unpaired) electrons. The number of aromatic nitrogens is 3. The van der Waals surface area contributed by atoms with E-state index in [-0.39, 0.29) is 12.3 Å². The maximum Gasteiger partial charge on any atom is 0.241 e. The Hall–Kier alpha value is -2.21. The molecule has 0 aliphatic carbocycles. The second-order valence-corrected chi connectivity index (χ2v) is 4.91. The first-order valence-corrected chi connectivity index (χ1v) is 6.87. The maximum atomic E-state index is 11.7. The zero-order valence-electron chi connectivity index (χ0n) is 11.9. The summed E-state index contributed by atoms with van der Waals surface area (Å²) in [6, 6.07) is 3.60. The van der Waals surface area contributed by atoms with Gasteiger partial charge in [-0.2, -0.15) is 10.2 Å². The van der Waals surface area contributed by atoms with E-state index in [9.17, 15) is 4.79 Å². The molecule has 0 saturated carbocycles. The summed E-state index contributed by atoms with van der Waals surface area (Å²) in [5, 5.41) is 8.80. The number of carbonyl (C=O) groups excluding carboxylic acids is 1. The standard InChI is InChI=1S/C14H16ClN5O/c1-10-14(15)11(2)20(19-10)8-5-13(21)18-17-9-12-3-6-16-7-4-12/h3-4,6-7,9H,5,8H2,1-2H3,(H,18,21)/b17-9-. The second-order valence-electron chi connectivity index (χ2n) is 4.53. The Kier molecular flexibility index (Phi) is 5.05. The number of nitrogens with one attached hydrogen (secondary N) is 1. The van der Waals surface area contributed by atoms with Crippen molar-refractivity contribution in [3.8, 4) is 0 Å². The highest BCUT2D eigenvalue weighted by Gasteiger charge is 2.10. The molecule has 0 aliphatic rings. The third-order valence-electron chi connectivity index (χ3n) is 2.95. The van der Waals surface area contributed by atoms with Gasteiger partial charge in [0.15, 0.2) is 0 Å². The van der Waals surface area contributed by atoms with Gasteiger partial charge in [0.25, 0.3) is 0 Å². The molecule has 0 aliphatic heterocycles. The zero-order valence-corrected chi connectivity index (χ0v) is 12.6. The first-order valence-electron chi connectivity index (χ1n) is 6.49. The Labute approximate surface area is 127 Å². The summed E-state index contributed by atoms with van der Waals surface area (Å²) >= 11 is 6.05. The Morgan fingerprint density at radius 1 is 1.43 bits per heavy atom. The molecule has 2 aromatic heterocycles. The van der Waals surface area contributed by atoms with Crippen LogP contribution in [-0.4, -0.2) is 26.9 Å². The summed E-state index contributed by atoms with van der Waals surface area (Å²) in [6.07, 6.45) is 5.18. The fourth-order valence-corrected chi connectivity index (χ4v) is 1.92. The Morgan fingerprint density at radius 2 is 2.14 bits per heavy atom. The SMILES string of the molecule is Cc1nn(CCC(=O)N/N=C\c2ccncc2)c(C)c1Cl. The van der Waals surface area contributed by atoms with Crippen LogP contribution in [0.4, 0.5) is 0 Å². The molecular formula is C14H16ClN5O. The van der Waals surface area contributed by atoms with Gasteiger partial charge in [-0.15, -0.1) is 0 Å². The van der Waals surface area contributed by atoms with Gasteiger partial charge < -0.3 is 0 Å². The number of hydrogen-bond donors (Lipinski definition) is 1. The molecule has 1 N–H and O–H groups in total. The average Bonchev–Trinajstić information content (AvgIpc) is 2.73. The Morgan fingerprint density at radius 3 is 2.76 bits per heavy atom. The van der Waals surface area contributed by atoms with Crippen molar-refractivity contribution >= 4 is 23.7 Å². The van der Waals surface area contributed by atoms with E-state index in [1.807, 2.05) is 13.8 Å². The molecule has 0 atom stereocenters. The molecule has 2 aromatic rings. The number of hydrogen-bond acceptors (Lipinski definition) is 4. The molecule has 110 valence electrons. The van der Waals surface area contributed by atoms with Crippen molar-refractivity contribution in [1.29, 1.82) is 0 Å². The number of aryl methyl sites for hydroxylation is 2. The summed E-state index contributed by atoms with van der Waals surface area (Å²) in [5.41, 5.74) is 4.98. The summed E-state index contributed by atoms with van der Waals surface area (Å²) in [7, 11) is 0. The highest BCUT2D eigenvalue weighted by molar-refractivity contribution is 6.31. The van der Waals surface area contributed by atoms with Gasteiger partial charge in [0, 0.05) is 18.8 Å². The number of amides is 1. The lowest BCUT2D eigenvalue weighted by molar-refractivity contribution is -0.121. The van der Waals surface area contributed by atoms with Crippen molar-refractivity contribution in [3.05, 3.63) is 46.5 Å². The lowest BCUT2D eigenvalue weighted by Crippen LogP contribution is -2.20. The second kappa shape index (κ2) is 6.99. The monoisotopic (exact) mass is 305 g/mol. The van der Waals surface area contributed by atoms with Crippen LogP contribution in [0, 0.1) is 13.8 Å². The van der Waals surface area contributed by atoms with Crippen molar-refractivity contribution < 1.29 is 4.79 Å². The summed E-state index contributed by atoms with van der Waals surface area (Å²) in [5.74, 6) is -0.177. The largest absolute Gasteiger partial charge is 0.273 e. The Balaban J connectivity index is 1.82. The molecule has 0 aromatic carbocycles. The van der Waals surface area contributed by atoms with E-state index in [2.05, 4.69) is 20.6 Å². The zero-order chi connectivity index (χ0) is 15.2. The fraction of sp³-hybridized carbons (Fsp3) is 0.286. The van der Waals surface area contributed by atoms with Crippen LogP contribution in [0.5, 0.6) is 0 Å². The normalized spacial score (nSPS) is 11.0. The summed E-state index contributed by atoms with van der Waals surface area (Å²) < 4.78 is 1.73. The summed E-state index contributed by atoms with van der Waals surface area (Å²) in [4.78, 5) is 15.6. The van der Waals surface area contributed by atoms with Crippen molar-refractivity contribution in [3.63, 3.8) is 0 Å². The van der Waals surface area contributed by atoms with Crippen LogP contribution in [0.3, 0.4) is 0 Å². The molecule has 0 spiro atoms. The number of rotatable bonds is 5. The third kappa shape index (κ3) is 4.13. The van der Waals surface area contributed by atoms with Crippen LogP contribution in [0.2, 0.25) is 5.02 Å². The lowest BCUT2D eigenvalue weighted by Gasteiger charge is -2.03. The number of halogens is 1. The maximum absolute atomic E-state index is 11.7. The van der Waals surface area contributed by atoms with Gasteiger partial charge in [0.1, 0.15) is 0 Å². The highest BCUT2D eigenvalue weighted by Crippen LogP contribution is 2.18. The molecule has 2 heterocycles. The highest BCUT2D eigenvalue weighted by atomic mass is 35.5. The lowest BCUT2D eigenvalue weighted by atomic mass is 10.3. The van der Waals surface area contributed by atoms with E-state index in [0.29, 0.717) is 11.6 Å². The van der Waals surface area contributed by atoms with Crippen LogP contribution in [0.1, 0.15) is 23.4 Å². The van der Waals surface area contributed by atoms with Crippen molar-refractivity contribution in [2.45, 2.75) is 26.8 Å². The van der Waals surface area contributed by atoms with Crippen LogP contribution in [0.25, 0.3) is 0 Å². The van der Waals surface area contributed by atoms with Gasteiger partial charge in [-0.1, -0.05) is 11.6 Å². The first kappa shape index (κ1) is 15.2. The molecule has 0 fully saturated rings. The molecule has 0 bridgehead atoms. The number of pyridine rings is 1. The number of hydrazone groups is 1. The minimum Gasteiger partial charge on any atom is -0.273 e. The van der Waals surface area contributed by atoms with Gasteiger partial charge in [-0.25, -0.2) is 5.43 Å². The van der Waals surface area contributed by atoms with Crippen LogP contribution >= 0.6 is 11.6 Å². The molecule has 2 rings (SSSR count). The average molecular weight is 306 g/mol. The van der Waals surface area contributed by atoms with E-state index in [1.54, 1.807) is 35.4 Å². The molecule has 0 saturated heterocycles. The fourth-order valence-electron chi connectivity index (χ4n) is 1.78. The quantitative estimate of drug-likeness (QED) is 0.679. The third-order valence-corrected chi connectivity index (χ3v) is 3.50. The number of nitrogens with zero attached hydrogens (tertiary/aromatic N) is 4. The van der Waals surface area contributed by atoms with Gasteiger partial charge >= 0.3 is 0 Å². The van der Waals surface area contributed by atoms with E-state index in [4.69, 9.17) is 11.6 Å². The predicted octanol–water partition coefficient (Wildman–Crippen LogP) is 2.09. The van der Waals surface area contributed by atoms with Crippen LogP contribution in [0.15, 0.2) is 29.6 Å². The van der Waals surface area contributed by atoms with E-state index >= 15 is 0 Å². The first-order chi connectivity index (χ1) is 10.1. The molecule has 6 nitrogen and oxygen atoms in total. The van der Waals surface area contributed by atoms with E-state index in [0.717, 1.165) is 17.0 Å². The van der Waals surface area contributed by atoms with Crippen molar-refractivity contribution in [2.24, 2.45) is 5.10 Å². The topological polar surface area (TPSA) is 72.2 Å². The molecular weight excluding hydrogens is 290 g/mol. The number of carbonyl (C=O) groups is 1. The smallest absolute Gasteiger partial charge is 0.241 e. The van der Waals surface area contributed by atoms with E-state index < -0.39 is 0 Å².